The maximum Gasteiger partial charge on any atom is 0.0785 e. The van der Waals surface area contributed by atoms with Crippen molar-refractivity contribution in [1.29, 1.82) is 0 Å². The molecule has 0 aliphatic rings. The van der Waals surface area contributed by atoms with Crippen molar-refractivity contribution in [3.63, 3.8) is 0 Å². The van der Waals surface area contributed by atoms with E-state index in [-0.39, 0.29) is 0 Å². The molecule has 108 valence electrons. The van der Waals surface area contributed by atoms with Crippen molar-refractivity contribution in [2.45, 2.75) is 19.1 Å². The Balaban J connectivity index is 1.76. The fourth-order valence-electron chi connectivity index (χ4n) is 1.95. The van der Waals surface area contributed by atoms with Gasteiger partial charge in [-0.2, -0.15) is 5.10 Å². The van der Waals surface area contributed by atoms with Crippen LogP contribution in [0.15, 0.2) is 42.7 Å². The van der Waals surface area contributed by atoms with Crippen molar-refractivity contribution in [2.24, 2.45) is 0 Å². The largest absolute Gasteiger partial charge is 0.391 e. The quantitative estimate of drug-likeness (QED) is 0.714. The van der Waals surface area contributed by atoms with Crippen molar-refractivity contribution in [3.8, 4) is 5.69 Å². The SMILES string of the molecule is COCC(O)CCNCc1cnn(-c2ccccc2)c1. The topological polar surface area (TPSA) is 59.3 Å². The second kappa shape index (κ2) is 7.79. The van der Waals surface area contributed by atoms with Crippen LogP contribution in [0.25, 0.3) is 5.69 Å². The third-order valence-electron chi connectivity index (χ3n) is 3.00. The molecule has 1 heterocycles. The zero-order valence-electron chi connectivity index (χ0n) is 11.7. The van der Waals surface area contributed by atoms with Crippen LogP contribution in [0.3, 0.4) is 0 Å². The van der Waals surface area contributed by atoms with Gasteiger partial charge in [0.25, 0.3) is 0 Å². The summed E-state index contributed by atoms with van der Waals surface area (Å²) in [5.74, 6) is 0. The first kappa shape index (κ1) is 14.7. The summed E-state index contributed by atoms with van der Waals surface area (Å²) in [6, 6.07) is 10.0. The fraction of sp³-hybridized carbons (Fsp3) is 0.400. The van der Waals surface area contributed by atoms with Crippen LogP contribution >= 0.6 is 0 Å². The molecule has 0 aliphatic heterocycles. The average molecular weight is 275 g/mol. The molecule has 1 aromatic heterocycles. The third kappa shape index (κ3) is 4.45. The molecule has 1 atom stereocenters. The second-order valence-electron chi connectivity index (χ2n) is 4.70. The van der Waals surface area contributed by atoms with E-state index < -0.39 is 6.10 Å². The van der Waals surface area contributed by atoms with Crippen LogP contribution in [0.2, 0.25) is 0 Å². The van der Waals surface area contributed by atoms with Gasteiger partial charge in [-0.05, 0) is 25.1 Å². The highest BCUT2D eigenvalue weighted by atomic mass is 16.5. The summed E-state index contributed by atoms with van der Waals surface area (Å²) in [6.07, 6.45) is 4.14. The lowest BCUT2D eigenvalue weighted by molar-refractivity contribution is 0.0594. The smallest absolute Gasteiger partial charge is 0.0785 e. The number of nitrogens with one attached hydrogen (secondary N) is 1. The molecular formula is C15H21N3O2. The van der Waals surface area contributed by atoms with Crippen LogP contribution in [0.5, 0.6) is 0 Å². The molecule has 0 saturated heterocycles. The molecule has 0 spiro atoms. The number of ether oxygens (including phenoxy) is 1. The van der Waals surface area contributed by atoms with E-state index in [4.69, 9.17) is 4.74 Å². The van der Waals surface area contributed by atoms with E-state index in [1.54, 1.807) is 7.11 Å². The Bertz CT molecular complexity index is 499. The summed E-state index contributed by atoms with van der Waals surface area (Å²) >= 11 is 0. The minimum absolute atomic E-state index is 0.383. The number of hydrogen-bond acceptors (Lipinski definition) is 4. The highest BCUT2D eigenvalue weighted by molar-refractivity contribution is 5.30. The Kier molecular flexibility index (Phi) is 5.73. The molecule has 0 fully saturated rings. The molecule has 2 aromatic rings. The maximum absolute atomic E-state index is 9.52. The molecule has 0 saturated carbocycles. The van der Waals surface area contributed by atoms with Crippen LogP contribution in [0.1, 0.15) is 12.0 Å². The highest BCUT2D eigenvalue weighted by Crippen LogP contribution is 2.07. The Morgan fingerprint density at radius 2 is 2.15 bits per heavy atom. The number of aromatic nitrogens is 2. The number of aliphatic hydroxyl groups excluding tert-OH is 1. The van der Waals surface area contributed by atoms with Gasteiger partial charge in [0.05, 0.1) is 24.6 Å². The maximum atomic E-state index is 9.52. The summed E-state index contributed by atoms with van der Waals surface area (Å²) in [5, 5.41) is 17.1. The minimum Gasteiger partial charge on any atom is -0.391 e. The van der Waals surface area contributed by atoms with Gasteiger partial charge in [-0.3, -0.25) is 0 Å². The van der Waals surface area contributed by atoms with Gasteiger partial charge in [0.2, 0.25) is 0 Å². The van der Waals surface area contributed by atoms with Crippen molar-refractivity contribution >= 4 is 0 Å². The molecule has 0 aliphatic carbocycles. The molecule has 1 unspecified atom stereocenters. The second-order valence-corrected chi connectivity index (χ2v) is 4.70. The molecule has 5 nitrogen and oxygen atoms in total. The van der Waals surface area contributed by atoms with E-state index in [2.05, 4.69) is 10.4 Å². The van der Waals surface area contributed by atoms with Crippen LogP contribution < -0.4 is 5.32 Å². The van der Waals surface area contributed by atoms with Crippen molar-refractivity contribution in [1.82, 2.24) is 15.1 Å². The van der Waals surface area contributed by atoms with Crippen LogP contribution in [-0.2, 0) is 11.3 Å². The van der Waals surface area contributed by atoms with Crippen molar-refractivity contribution in [3.05, 3.63) is 48.3 Å². The lowest BCUT2D eigenvalue weighted by Crippen LogP contribution is -2.22. The molecule has 5 heteroatoms. The number of nitrogens with zero attached hydrogens (tertiary/aromatic N) is 2. The molecule has 0 radical (unpaired) electrons. The van der Waals surface area contributed by atoms with Crippen LogP contribution in [-0.4, -0.2) is 41.3 Å². The summed E-state index contributed by atoms with van der Waals surface area (Å²) in [4.78, 5) is 0. The van der Waals surface area contributed by atoms with E-state index in [1.165, 1.54) is 0 Å². The number of hydrogen-bond donors (Lipinski definition) is 2. The number of benzene rings is 1. The summed E-state index contributed by atoms with van der Waals surface area (Å²) < 4.78 is 6.74. The Hall–Kier alpha value is -1.69. The van der Waals surface area contributed by atoms with E-state index in [0.29, 0.717) is 13.0 Å². The van der Waals surface area contributed by atoms with Gasteiger partial charge in [-0.1, -0.05) is 18.2 Å². The number of methoxy groups -OCH3 is 1. The molecular weight excluding hydrogens is 254 g/mol. The van der Waals surface area contributed by atoms with Gasteiger partial charge in [0, 0.05) is 25.4 Å². The molecule has 20 heavy (non-hydrogen) atoms. The van der Waals surface area contributed by atoms with Gasteiger partial charge >= 0.3 is 0 Å². The Labute approximate surface area is 119 Å². The normalized spacial score (nSPS) is 12.5. The predicted octanol–water partition coefficient (Wildman–Crippen LogP) is 1.36. The number of rotatable bonds is 8. The van der Waals surface area contributed by atoms with Crippen molar-refractivity contribution < 1.29 is 9.84 Å². The molecule has 2 N–H and O–H groups in total. The standard InChI is InChI=1S/C15H21N3O2/c1-20-12-15(19)7-8-16-9-13-10-17-18(11-13)14-5-3-2-4-6-14/h2-6,10-11,15-16,19H,7-9,12H2,1H3. The van der Waals surface area contributed by atoms with Crippen LogP contribution in [0.4, 0.5) is 0 Å². The minimum atomic E-state index is -0.403. The summed E-state index contributed by atoms with van der Waals surface area (Å²) in [7, 11) is 1.59. The van der Waals surface area contributed by atoms with Crippen LogP contribution in [0, 0.1) is 0 Å². The predicted molar refractivity (Wildman–Crippen MR) is 77.8 cm³/mol. The first-order valence-electron chi connectivity index (χ1n) is 6.76. The first-order valence-corrected chi connectivity index (χ1v) is 6.76. The monoisotopic (exact) mass is 275 g/mol. The lowest BCUT2D eigenvalue weighted by Gasteiger charge is -2.09. The number of para-hydroxylation sites is 1. The van der Waals surface area contributed by atoms with Crippen molar-refractivity contribution in [2.75, 3.05) is 20.3 Å². The van der Waals surface area contributed by atoms with Gasteiger partial charge in [0.15, 0.2) is 0 Å². The van der Waals surface area contributed by atoms with E-state index in [0.717, 1.165) is 24.3 Å². The highest BCUT2D eigenvalue weighted by Gasteiger charge is 2.03. The average Bonchev–Trinajstić information content (AvgIpc) is 2.94. The zero-order chi connectivity index (χ0) is 14.2. The van der Waals surface area contributed by atoms with Gasteiger partial charge in [0.1, 0.15) is 0 Å². The zero-order valence-corrected chi connectivity index (χ0v) is 11.7. The first-order chi connectivity index (χ1) is 9.79. The Morgan fingerprint density at radius 1 is 1.35 bits per heavy atom. The van der Waals surface area contributed by atoms with E-state index in [1.807, 2.05) is 47.4 Å². The van der Waals surface area contributed by atoms with E-state index in [9.17, 15) is 5.11 Å². The molecule has 2 rings (SSSR count). The van der Waals surface area contributed by atoms with Gasteiger partial charge in [-0.25, -0.2) is 4.68 Å². The van der Waals surface area contributed by atoms with Gasteiger partial charge < -0.3 is 15.2 Å². The molecule has 0 amide bonds. The molecule has 1 aromatic carbocycles. The lowest BCUT2D eigenvalue weighted by atomic mass is 10.2. The summed E-state index contributed by atoms with van der Waals surface area (Å²) in [5.41, 5.74) is 2.17. The fourth-order valence-corrected chi connectivity index (χ4v) is 1.95. The number of aliphatic hydroxyl groups is 1. The Morgan fingerprint density at radius 3 is 2.90 bits per heavy atom. The molecule has 0 bridgehead atoms. The summed E-state index contributed by atoms with van der Waals surface area (Å²) in [6.45, 7) is 1.88. The van der Waals surface area contributed by atoms with E-state index >= 15 is 0 Å². The third-order valence-corrected chi connectivity index (χ3v) is 3.00. The van der Waals surface area contributed by atoms with Gasteiger partial charge in [-0.15, -0.1) is 0 Å².